The summed E-state index contributed by atoms with van der Waals surface area (Å²) in [5.41, 5.74) is 2.81. The number of halogens is 1. The van der Waals surface area contributed by atoms with Crippen molar-refractivity contribution in [2.24, 2.45) is 0 Å². The van der Waals surface area contributed by atoms with Crippen LogP contribution in [-0.2, 0) is 0 Å². The van der Waals surface area contributed by atoms with E-state index in [9.17, 15) is 9.18 Å². The zero-order valence-electron chi connectivity index (χ0n) is 15.6. The fourth-order valence-electron chi connectivity index (χ4n) is 3.87. The van der Waals surface area contributed by atoms with Gasteiger partial charge < -0.3 is 9.47 Å². The van der Waals surface area contributed by atoms with Crippen molar-refractivity contribution in [3.05, 3.63) is 78.5 Å². The normalized spacial score (nSPS) is 16.4. The summed E-state index contributed by atoms with van der Waals surface area (Å²) in [6, 6.07) is 15.4. The van der Waals surface area contributed by atoms with Gasteiger partial charge in [0.1, 0.15) is 22.9 Å². The zero-order chi connectivity index (χ0) is 19.8. The molecule has 0 aliphatic carbocycles. The summed E-state index contributed by atoms with van der Waals surface area (Å²) in [6.07, 6.45) is 4.15. The average molecular weight is 387 g/mol. The molecule has 6 nitrogen and oxygen atoms in total. The van der Waals surface area contributed by atoms with Crippen LogP contribution in [0.25, 0.3) is 22.6 Å². The molecule has 0 spiro atoms. The van der Waals surface area contributed by atoms with E-state index < -0.39 is 0 Å². The molecule has 0 radical (unpaired) electrons. The van der Waals surface area contributed by atoms with Crippen LogP contribution < -0.4 is 0 Å². The standard InChI is InChI=1S/C22H18FN5O/c23-16-8-6-15(7-9-16)20-26-18-5-3-12-25-21(18)28(20)17-10-13-27(14-17)22(29)19-4-1-2-11-24-19/h1-9,11-12,17H,10,13-14H2. The smallest absolute Gasteiger partial charge is 0.272 e. The van der Waals surface area contributed by atoms with Crippen molar-refractivity contribution in [1.29, 1.82) is 0 Å². The monoisotopic (exact) mass is 387 g/mol. The number of hydrogen-bond acceptors (Lipinski definition) is 4. The molecule has 7 heteroatoms. The van der Waals surface area contributed by atoms with Gasteiger partial charge in [-0.2, -0.15) is 0 Å². The van der Waals surface area contributed by atoms with Gasteiger partial charge in [0.2, 0.25) is 0 Å². The minimum atomic E-state index is -0.289. The van der Waals surface area contributed by atoms with Crippen molar-refractivity contribution < 1.29 is 9.18 Å². The molecule has 3 aromatic heterocycles. The summed E-state index contributed by atoms with van der Waals surface area (Å²) in [5, 5.41) is 0. The molecule has 5 rings (SSSR count). The number of aromatic nitrogens is 4. The molecule has 0 bridgehead atoms. The van der Waals surface area contributed by atoms with E-state index in [0.717, 1.165) is 29.0 Å². The number of carbonyl (C=O) groups excluding carboxylic acids is 1. The first-order valence-corrected chi connectivity index (χ1v) is 9.50. The Morgan fingerprint density at radius 1 is 1.00 bits per heavy atom. The Hall–Kier alpha value is -3.61. The first kappa shape index (κ1) is 17.5. The lowest BCUT2D eigenvalue weighted by atomic mass is 10.2. The van der Waals surface area contributed by atoms with Gasteiger partial charge in [0.25, 0.3) is 5.91 Å². The first-order chi connectivity index (χ1) is 14.2. The molecule has 4 aromatic rings. The molecule has 1 atom stereocenters. The van der Waals surface area contributed by atoms with Crippen LogP contribution in [-0.4, -0.2) is 43.4 Å². The second-order valence-corrected chi connectivity index (χ2v) is 7.07. The van der Waals surface area contributed by atoms with Crippen LogP contribution in [0.3, 0.4) is 0 Å². The van der Waals surface area contributed by atoms with Crippen LogP contribution in [0.5, 0.6) is 0 Å². The maximum absolute atomic E-state index is 13.4. The molecule has 0 saturated carbocycles. The Bertz CT molecular complexity index is 1170. The Balaban J connectivity index is 1.52. The summed E-state index contributed by atoms with van der Waals surface area (Å²) < 4.78 is 15.5. The number of pyridine rings is 2. The number of likely N-dealkylation sites (tertiary alicyclic amines) is 1. The van der Waals surface area contributed by atoms with Crippen molar-refractivity contribution in [2.75, 3.05) is 13.1 Å². The second kappa shape index (κ2) is 7.09. The van der Waals surface area contributed by atoms with Crippen molar-refractivity contribution in [2.45, 2.75) is 12.5 Å². The summed E-state index contributed by atoms with van der Waals surface area (Å²) in [7, 11) is 0. The van der Waals surface area contributed by atoms with Crippen LogP contribution in [0.2, 0.25) is 0 Å². The molecule has 1 aromatic carbocycles. The highest BCUT2D eigenvalue weighted by molar-refractivity contribution is 5.92. The number of benzene rings is 1. The molecule has 1 fully saturated rings. The van der Waals surface area contributed by atoms with Crippen molar-refractivity contribution in [3.8, 4) is 11.4 Å². The van der Waals surface area contributed by atoms with Crippen LogP contribution >= 0.6 is 0 Å². The lowest BCUT2D eigenvalue weighted by molar-refractivity contribution is 0.0782. The maximum Gasteiger partial charge on any atom is 0.272 e. The first-order valence-electron chi connectivity index (χ1n) is 9.50. The highest BCUT2D eigenvalue weighted by atomic mass is 19.1. The minimum absolute atomic E-state index is 0.0302. The zero-order valence-corrected chi connectivity index (χ0v) is 15.6. The van der Waals surface area contributed by atoms with E-state index in [-0.39, 0.29) is 17.8 Å². The molecule has 1 amide bonds. The third-order valence-corrected chi connectivity index (χ3v) is 5.25. The van der Waals surface area contributed by atoms with Gasteiger partial charge in [-0.15, -0.1) is 0 Å². The number of imidazole rings is 1. The van der Waals surface area contributed by atoms with Gasteiger partial charge in [-0.3, -0.25) is 9.78 Å². The topological polar surface area (TPSA) is 63.9 Å². The SMILES string of the molecule is O=C(c1ccccn1)N1CCC(n2c(-c3ccc(F)cc3)nc3cccnc32)C1. The van der Waals surface area contributed by atoms with Gasteiger partial charge in [0.05, 0.1) is 6.04 Å². The van der Waals surface area contributed by atoms with E-state index in [2.05, 4.69) is 14.5 Å². The predicted molar refractivity (Wildman–Crippen MR) is 107 cm³/mol. The molecule has 144 valence electrons. The van der Waals surface area contributed by atoms with Crippen LogP contribution in [0, 0.1) is 5.82 Å². The molecule has 1 aliphatic heterocycles. The molecule has 1 aliphatic rings. The molecular weight excluding hydrogens is 369 g/mol. The van der Waals surface area contributed by atoms with E-state index in [4.69, 9.17) is 4.98 Å². The van der Waals surface area contributed by atoms with E-state index >= 15 is 0 Å². The number of rotatable bonds is 3. The van der Waals surface area contributed by atoms with Gasteiger partial charge >= 0.3 is 0 Å². The Morgan fingerprint density at radius 2 is 1.83 bits per heavy atom. The summed E-state index contributed by atoms with van der Waals surface area (Å²) in [6.45, 7) is 1.18. The number of hydrogen-bond donors (Lipinski definition) is 0. The minimum Gasteiger partial charge on any atom is -0.335 e. The molecule has 4 heterocycles. The Morgan fingerprint density at radius 3 is 2.62 bits per heavy atom. The Kier molecular flexibility index (Phi) is 4.27. The van der Waals surface area contributed by atoms with Gasteiger partial charge in [-0.05, 0) is 55.0 Å². The lowest BCUT2D eigenvalue weighted by Gasteiger charge is -2.18. The average Bonchev–Trinajstić information content (AvgIpc) is 3.39. The summed E-state index contributed by atoms with van der Waals surface area (Å²) >= 11 is 0. The fourth-order valence-corrected chi connectivity index (χ4v) is 3.87. The fraction of sp³-hybridized carbons (Fsp3) is 0.182. The van der Waals surface area contributed by atoms with Gasteiger partial charge in [0, 0.05) is 31.0 Å². The Labute approximate surface area is 166 Å². The molecular formula is C22H18FN5O. The third-order valence-electron chi connectivity index (χ3n) is 5.25. The predicted octanol–water partition coefficient (Wildman–Crippen LogP) is 3.72. The van der Waals surface area contributed by atoms with Crippen LogP contribution in [0.1, 0.15) is 23.0 Å². The van der Waals surface area contributed by atoms with Gasteiger partial charge in [-0.1, -0.05) is 6.07 Å². The second-order valence-electron chi connectivity index (χ2n) is 7.07. The van der Waals surface area contributed by atoms with Crippen LogP contribution in [0.15, 0.2) is 67.0 Å². The number of carbonyl (C=O) groups is 1. The van der Waals surface area contributed by atoms with Gasteiger partial charge in [0.15, 0.2) is 5.65 Å². The van der Waals surface area contributed by atoms with E-state index in [0.29, 0.717) is 18.8 Å². The summed E-state index contributed by atoms with van der Waals surface area (Å²) in [4.78, 5) is 28.1. The number of nitrogens with zero attached hydrogens (tertiary/aromatic N) is 5. The largest absolute Gasteiger partial charge is 0.335 e. The lowest BCUT2D eigenvalue weighted by Crippen LogP contribution is -2.29. The number of amides is 1. The summed E-state index contributed by atoms with van der Waals surface area (Å²) in [5.74, 6) is 0.368. The van der Waals surface area contributed by atoms with Crippen LogP contribution in [0.4, 0.5) is 4.39 Å². The number of fused-ring (bicyclic) bond motifs is 1. The molecule has 0 N–H and O–H groups in total. The van der Waals surface area contributed by atoms with E-state index in [1.807, 2.05) is 23.1 Å². The van der Waals surface area contributed by atoms with E-state index in [1.54, 1.807) is 36.7 Å². The third kappa shape index (κ3) is 3.14. The quantitative estimate of drug-likeness (QED) is 0.537. The highest BCUT2D eigenvalue weighted by Gasteiger charge is 2.31. The molecule has 29 heavy (non-hydrogen) atoms. The highest BCUT2D eigenvalue weighted by Crippen LogP contribution is 2.32. The maximum atomic E-state index is 13.4. The van der Waals surface area contributed by atoms with Crippen molar-refractivity contribution in [1.82, 2.24) is 24.4 Å². The van der Waals surface area contributed by atoms with E-state index in [1.165, 1.54) is 12.1 Å². The van der Waals surface area contributed by atoms with Crippen molar-refractivity contribution in [3.63, 3.8) is 0 Å². The molecule has 1 unspecified atom stereocenters. The molecule has 1 saturated heterocycles. The van der Waals surface area contributed by atoms with Gasteiger partial charge in [-0.25, -0.2) is 14.4 Å². The van der Waals surface area contributed by atoms with Crippen molar-refractivity contribution >= 4 is 17.1 Å².